The van der Waals surface area contributed by atoms with Gasteiger partial charge in [-0.3, -0.25) is 0 Å². The largest absolute Gasteiger partial charge is 0.478 e. The van der Waals surface area contributed by atoms with Crippen LogP contribution in [0.5, 0.6) is 0 Å². The Morgan fingerprint density at radius 2 is 2.38 bits per heavy atom. The van der Waals surface area contributed by atoms with Crippen molar-refractivity contribution in [1.29, 1.82) is 0 Å². The molecule has 16 heavy (non-hydrogen) atoms. The van der Waals surface area contributed by atoms with Gasteiger partial charge in [0.25, 0.3) is 0 Å². The maximum absolute atomic E-state index is 5.91. The molecule has 1 atom stereocenters. The third-order valence-corrected chi connectivity index (χ3v) is 2.75. The van der Waals surface area contributed by atoms with Gasteiger partial charge in [0, 0.05) is 11.4 Å². The van der Waals surface area contributed by atoms with Gasteiger partial charge in [0.1, 0.15) is 6.61 Å². The minimum atomic E-state index is 0.235. The molecule has 2 rings (SSSR count). The van der Waals surface area contributed by atoms with Gasteiger partial charge in [-0.2, -0.15) is 0 Å². The summed E-state index contributed by atoms with van der Waals surface area (Å²) >= 11 is 5.91. The van der Waals surface area contributed by atoms with E-state index in [1.165, 1.54) is 0 Å². The summed E-state index contributed by atoms with van der Waals surface area (Å²) in [5, 5.41) is 0.745. The van der Waals surface area contributed by atoms with Gasteiger partial charge in [-0.1, -0.05) is 23.7 Å². The third-order valence-electron chi connectivity index (χ3n) is 2.51. The fourth-order valence-corrected chi connectivity index (χ4v) is 1.94. The van der Waals surface area contributed by atoms with Crippen LogP contribution >= 0.6 is 11.6 Å². The van der Waals surface area contributed by atoms with Gasteiger partial charge in [-0.05, 0) is 30.7 Å². The van der Waals surface area contributed by atoms with E-state index in [9.17, 15) is 0 Å². The standard InChI is InChI=1S/C12H15ClN2O/c13-10-3-1-2-9(6-10)7-12-15-11(4-5-14)8-16-12/h1-3,6,11H,4-5,7-8,14H2. The molecule has 1 aliphatic heterocycles. The number of nitrogens with two attached hydrogens (primary N) is 1. The zero-order valence-electron chi connectivity index (χ0n) is 9.03. The Labute approximate surface area is 100 Å². The quantitative estimate of drug-likeness (QED) is 0.873. The van der Waals surface area contributed by atoms with Gasteiger partial charge < -0.3 is 10.5 Å². The van der Waals surface area contributed by atoms with Gasteiger partial charge in [0.2, 0.25) is 0 Å². The summed E-state index contributed by atoms with van der Waals surface area (Å²) in [7, 11) is 0. The number of halogens is 1. The highest BCUT2D eigenvalue weighted by atomic mass is 35.5. The Morgan fingerprint density at radius 3 is 3.12 bits per heavy atom. The number of benzene rings is 1. The second-order valence-corrected chi connectivity index (χ2v) is 4.31. The highest BCUT2D eigenvalue weighted by Gasteiger charge is 2.17. The predicted octanol–water partition coefficient (Wildman–Crippen LogP) is 2.03. The Morgan fingerprint density at radius 1 is 1.50 bits per heavy atom. The van der Waals surface area contributed by atoms with Crippen LogP contribution in [0.15, 0.2) is 29.3 Å². The molecule has 1 heterocycles. The summed E-state index contributed by atoms with van der Waals surface area (Å²) < 4.78 is 5.51. The van der Waals surface area contributed by atoms with E-state index in [0.29, 0.717) is 19.6 Å². The van der Waals surface area contributed by atoms with Crippen LogP contribution < -0.4 is 5.73 Å². The molecule has 3 nitrogen and oxygen atoms in total. The summed E-state index contributed by atoms with van der Waals surface area (Å²) in [5.74, 6) is 0.792. The molecule has 1 aliphatic rings. The van der Waals surface area contributed by atoms with Crippen molar-refractivity contribution in [3.8, 4) is 0 Å². The van der Waals surface area contributed by atoms with Crippen LogP contribution in [0, 0.1) is 0 Å². The molecule has 0 spiro atoms. The number of rotatable bonds is 4. The molecule has 1 unspecified atom stereocenters. The number of hydrogen-bond acceptors (Lipinski definition) is 3. The first-order valence-corrected chi connectivity index (χ1v) is 5.79. The second-order valence-electron chi connectivity index (χ2n) is 3.87. The zero-order valence-corrected chi connectivity index (χ0v) is 9.78. The van der Waals surface area contributed by atoms with Crippen LogP contribution in [0.25, 0.3) is 0 Å². The molecule has 0 saturated carbocycles. The summed E-state index contributed by atoms with van der Waals surface area (Å²) in [6, 6.07) is 7.99. The van der Waals surface area contributed by atoms with Crippen LogP contribution in [0.3, 0.4) is 0 Å². The molecule has 86 valence electrons. The van der Waals surface area contributed by atoms with Crippen molar-refractivity contribution in [2.45, 2.75) is 18.9 Å². The molecule has 4 heteroatoms. The zero-order chi connectivity index (χ0) is 11.4. The minimum absolute atomic E-state index is 0.235. The maximum Gasteiger partial charge on any atom is 0.188 e. The monoisotopic (exact) mass is 238 g/mol. The van der Waals surface area contributed by atoms with Crippen LogP contribution in [0.2, 0.25) is 5.02 Å². The topological polar surface area (TPSA) is 47.6 Å². The highest BCUT2D eigenvalue weighted by Crippen LogP contribution is 2.15. The number of nitrogens with zero attached hydrogens (tertiary/aromatic N) is 1. The van der Waals surface area contributed by atoms with Crippen molar-refractivity contribution >= 4 is 17.5 Å². The number of ether oxygens (including phenoxy) is 1. The molecule has 0 aliphatic carbocycles. The molecule has 0 radical (unpaired) electrons. The Balaban J connectivity index is 1.98. The first-order chi connectivity index (χ1) is 7.78. The van der Waals surface area contributed by atoms with Gasteiger partial charge >= 0.3 is 0 Å². The van der Waals surface area contributed by atoms with Crippen molar-refractivity contribution in [3.05, 3.63) is 34.9 Å². The maximum atomic E-state index is 5.91. The molecule has 0 amide bonds. The van der Waals surface area contributed by atoms with Crippen molar-refractivity contribution in [1.82, 2.24) is 0 Å². The molecule has 2 N–H and O–H groups in total. The van der Waals surface area contributed by atoms with Crippen molar-refractivity contribution in [3.63, 3.8) is 0 Å². The molecular formula is C12H15ClN2O. The fourth-order valence-electron chi connectivity index (χ4n) is 1.73. The van der Waals surface area contributed by atoms with Gasteiger partial charge in [-0.25, -0.2) is 4.99 Å². The summed E-state index contributed by atoms with van der Waals surface area (Å²) in [6.45, 7) is 1.31. The normalized spacial score (nSPS) is 19.4. The van der Waals surface area contributed by atoms with Crippen LogP contribution in [-0.4, -0.2) is 25.1 Å². The lowest BCUT2D eigenvalue weighted by Gasteiger charge is -2.01. The van der Waals surface area contributed by atoms with Gasteiger partial charge in [0.05, 0.1) is 6.04 Å². The van der Waals surface area contributed by atoms with E-state index in [4.69, 9.17) is 22.1 Å². The number of hydrogen-bond donors (Lipinski definition) is 1. The first-order valence-electron chi connectivity index (χ1n) is 5.42. The Hall–Kier alpha value is -1.06. The lowest BCUT2D eigenvalue weighted by molar-refractivity contribution is 0.307. The summed E-state index contributed by atoms with van der Waals surface area (Å²) in [4.78, 5) is 4.47. The van der Waals surface area contributed by atoms with Gasteiger partial charge in [0.15, 0.2) is 5.90 Å². The van der Waals surface area contributed by atoms with E-state index in [-0.39, 0.29) is 6.04 Å². The lowest BCUT2D eigenvalue weighted by atomic mass is 10.1. The van der Waals surface area contributed by atoms with E-state index in [2.05, 4.69) is 4.99 Å². The first kappa shape index (κ1) is 11.4. The average molecular weight is 239 g/mol. The van der Waals surface area contributed by atoms with Crippen molar-refractivity contribution < 1.29 is 4.74 Å². The minimum Gasteiger partial charge on any atom is -0.478 e. The van der Waals surface area contributed by atoms with E-state index < -0.39 is 0 Å². The van der Waals surface area contributed by atoms with Crippen molar-refractivity contribution in [2.24, 2.45) is 10.7 Å². The van der Waals surface area contributed by atoms with Crippen LogP contribution in [0.4, 0.5) is 0 Å². The highest BCUT2D eigenvalue weighted by molar-refractivity contribution is 6.30. The fraction of sp³-hybridized carbons (Fsp3) is 0.417. The molecule has 0 saturated heterocycles. The SMILES string of the molecule is NCCC1COC(Cc2cccc(Cl)c2)=N1. The molecule has 0 bridgehead atoms. The lowest BCUT2D eigenvalue weighted by Crippen LogP contribution is -2.12. The number of aliphatic imine (C=N–C) groups is 1. The molecular weight excluding hydrogens is 224 g/mol. The van der Waals surface area contributed by atoms with E-state index in [1.807, 2.05) is 24.3 Å². The predicted molar refractivity (Wildman–Crippen MR) is 66.0 cm³/mol. The third kappa shape index (κ3) is 2.97. The molecule has 1 aromatic rings. The van der Waals surface area contributed by atoms with Crippen LogP contribution in [-0.2, 0) is 11.2 Å². The smallest absolute Gasteiger partial charge is 0.188 e. The molecule has 0 aromatic heterocycles. The Bertz CT molecular complexity index is 392. The van der Waals surface area contributed by atoms with Crippen molar-refractivity contribution in [2.75, 3.05) is 13.2 Å². The average Bonchev–Trinajstić information content (AvgIpc) is 2.66. The summed E-state index contributed by atoms with van der Waals surface area (Å²) in [6.07, 6.45) is 1.60. The molecule has 1 aromatic carbocycles. The van der Waals surface area contributed by atoms with E-state index in [1.54, 1.807) is 0 Å². The van der Waals surface area contributed by atoms with E-state index >= 15 is 0 Å². The van der Waals surface area contributed by atoms with Gasteiger partial charge in [-0.15, -0.1) is 0 Å². The Kier molecular flexibility index (Phi) is 3.80. The second kappa shape index (κ2) is 5.32. The van der Waals surface area contributed by atoms with Crippen LogP contribution in [0.1, 0.15) is 12.0 Å². The molecule has 0 fully saturated rings. The van der Waals surface area contributed by atoms with E-state index in [0.717, 1.165) is 22.9 Å². The summed E-state index contributed by atoms with van der Waals surface area (Å²) in [5.41, 5.74) is 6.61.